The summed E-state index contributed by atoms with van der Waals surface area (Å²) in [6.07, 6.45) is 9.42. The maximum absolute atomic E-state index is 4.20. The van der Waals surface area contributed by atoms with Crippen LogP contribution in [0.4, 0.5) is 0 Å². The Labute approximate surface area is 102 Å². The molecule has 1 N–H and O–H groups in total. The topological polar surface area (TPSA) is 47.7 Å². The first-order valence-electron chi connectivity index (χ1n) is 5.94. The summed E-state index contributed by atoms with van der Waals surface area (Å²) in [5.41, 5.74) is 1.22. The van der Waals surface area contributed by atoms with Gasteiger partial charge in [-0.25, -0.2) is 9.97 Å². The number of rotatable bonds is 6. The van der Waals surface area contributed by atoms with Crippen LogP contribution in [0.5, 0.6) is 0 Å². The zero-order valence-electron chi connectivity index (χ0n) is 10.4. The Hall–Kier alpha value is -1.62. The molecule has 0 saturated carbocycles. The van der Waals surface area contributed by atoms with Crippen LogP contribution in [0, 0.1) is 0 Å². The zero-order chi connectivity index (χ0) is 12.1. The van der Waals surface area contributed by atoms with Crippen LogP contribution in [0.15, 0.2) is 31.2 Å². The Balaban J connectivity index is 1.90. The SMILES string of the molecule is CC(C)NCc1cncn1CCn1ccnc1. The Morgan fingerprint density at radius 2 is 2.12 bits per heavy atom. The third-order valence-electron chi connectivity index (χ3n) is 2.65. The van der Waals surface area contributed by atoms with Gasteiger partial charge in [0.1, 0.15) is 0 Å². The van der Waals surface area contributed by atoms with Gasteiger partial charge < -0.3 is 14.5 Å². The second kappa shape index (κ2) is 5.63. The number of hydrogen-bond donors (Lipinski definition) is 1. The van der Waals surface area contributed by atoms with Crippen LogP contribution in [0.2, 0.25) is 0 Å². The van der Waals surface area contributed by atoms with Crippen molar-refractivity contribution in [1.29, 1.82) is 0 Å². The van der Waals surface area contributed by atoms with E-state index in [2.05, 4.69) is 38.3 Å². The minimum atomic E-state index is 0.493. The van der Waals surface area contributed by atoms with E-state index in [9.17, 15) is 0 Å². The van der Waals surface area contributed by atoms with Crippen LogP contribution in [-0.4, -0.2) is 25.1 Å². The van der Waals surface area contributed by atoms with E-state index in [1.54, 1.807) is 6.20 Å². The van der Waals surface area contributed by atoms with Crippen molar-refractivity contribution in [3.63, 3.8) is 0 Å². The van der Waals surface area contributed by atoms with Gasteiger partial charge in [0.2, 0.25) is 0 Å². The molecule has 0 fully saturated rings. The van der Waals surface area contributed by atoms with Crippen LogP contribution in [0.25, 0.3) is 0 Å². The van der Waals surface area contributed by atoms with Crippen molar-refractivity contribution in [3.8, 4) is 0 Å². The lowest BCUT2D eigenvalue weighted by atomic mass is 10.3. The summed E-state index contributed by atoms with van der Waals surface area (Å²) in [5.74, 6) is 0. The van der Waals surface area contributed by atoms with Crippen molar-refractivity contribution in [2.24, 2.45) is 0 Å². The molecule has 0 aliphatic rings. The highest BCUT2D eigenvalue weighted by molar-refractivity contribution is 4.98. The average Bonchev–Trinajstić information content (AvgIpc) is 2.95. The van der Waals surface area contributed by atoms with E-state index >= 15 is 0 Å². The summed E-state index contributed by atoms with van der Waals surface area (Å²) in [4.78, 5) is 8.23. The van der Waals surface area contributed by atoms with Gasteiger partial charge in [0.15, 0.2) is 0 Å². The lowest BCUT2D eigenvalue weighted by molar-refractivity contribution is 0.526. The van der Waals surface area contributed by atoms with Gasteiger partial charge in [-0.15, -0.1) is 0 Å². The fourth-order valence-electron chi connectivity index (χ4n) is 1.65. The summed E-state index contributed by atoms with van der Waals surface area (Å²) in [6.45, 7) is 7.00. The van der Waals surface area contributed by atoms with Gasteiger partial charge in [-0.3, -0.25) is 0 Å². The third kappa shape index (κ3) is 3.42. The van der Waals surface area contributed by atoms with Crippen LogP contribution < -0.4 is 5.32 Å². The summed E-state index contributed by atoms with van der Waals surface area (Å²) < 4.78 is 4.25. The zero-order valence-corrected chi connectivity index (χ0v) is 10.4. The Bertz CT molecular complexity index is 429. The molecule has 92 valence electrons. The van der Waals surface area contributed by atoms with Gasteiger partial charge in [0.25, 0.3) is 0 Å². The lowest BCUT2D eigenvalue weighted by Crippen LogP contribution is -2.23. The molecular formula is C12H19N5. The molecule has 0 bridgehead atoms. The number of nitrogens with one attached hydrogen (secondary N) is 1. The van der Waals surface area contributed by atoms with E-state index in [1.165, 1.54) is 5.69 Å². The van der Waals surface area contributed by atoms with Gasteiger partial charge in [-0.2, -0.15) is 0 Å². The van der Waals surface area contributed by atoms with Gasteiger partial charge in [0, 0.05) is 44.3 Å². The monoisotopic (exact) mass is 233 g/mol. The van der Waals surface area contributed by atoms with Gasteiger partial charge >= 0.3 is 0 Å². The molecule has 0 saturated heterocycles. The van der Waals surface area contributed by atoms with Crippen molar-refractivity contribution in [3.05, 3.63) is 36.9 Å². The molecule has 2 aromatic rings. The van der Waals surface area contributed by atoms with Crippen LogP contribution in [-0.2, 0) is 19.6 Å². The molecule has 2 rings (SSSR count). The van der Waals surface area contributed by atoms with Gasteiger partial charge in [-0.1, -0.05) is 13.8 Å². The summed E-state index contributed by atoms with van der Waals surface area (Å²) in [6, 6.07) is 0.493. The Morgan fingerprint density at radius 3 is 2.82 bits per heavy atom. The van der Waals surface area contributed by atoms with E-state index in [-0.39, 0.29) is 0 Å². The molecule has 5 nitrogen and oxygen atoms in total. The molecule has 0 unspecified atom stereocenters. The standard InChI is InChI=1S/C12H19N5/c1-11(2)15-8-12-7-14-10-17(12)6-5-16-4-3-13-9-16/h3-4,7,9-11,15H,5-6,8H2,1-2H3. The molecule has 0 amide bonds. The summed E-state index contributed by atoms with van der Waals surface area (Å²) in [5, 5.41) is 3.40. The number of aromatic nitrogens is 4. The molecule has 0 aliphatic carbocycles. The largest absolute Gasteiger partial charge is 0.336 e. The van der Waals surface area contributed by atoms with Gasteiger partial charge in [0.05, 0.1) is 18.3 Å². The minimum absolute atomic E-state index is 0.493. The smallest absolute Gasteiger partial charge is 0.0949 e. The first kappa shape index (κ1) is 11.9. The molecule has 2 heterocycles. The number of hydrogen-bond acceptors (Lipinski definition) is 3. The normalized spacial score (nSPS) is 11.2. The average molecular weight is 233 g/mol. The second-order valence-electron chi connectivity index (χ2n) is 4.41. The van der Waals surface area contributed by atoms with E-state index < -0.39 is 0 Å². The van der Waals surface area contributed by atoms with E-state index in [4.69, 9.17) is 0 Å². The van der Waals surface area contributed by atoms with Crippen LogP contribution in [0.1, 0.15) is 19.5 Å². The highest BCUT2D eigenvalue weighted by Crippen LogP contribution is 2.01. The maximum atomic E-state index is 4.20. The van der Waals surface area contributed by atoms with Crippen molar-refractivity contribution in [1.82, 2.24) is 24.4 Å². The predicted molar refractivity (Wildman–Crippen MR) is 66.4 cm³/mol. The summed E-state index contributed by atoms with van der Waals surface area (Å²) >= 11 is 0. The quantitative estimate of drug-likeness (QED) is 0.817. The lowest BCUT2D eigenvalue weighted by Gasteiger charge is -2.11. The van der Waals surface area contributed by atoms with Crippen molar-refractivity contribution in [2.45, 2.75) is 39.5 Å². The molecule has 0 radical (unpaired) electrons. The number of nitrogens with zero attached hydrogens (tertiary/aromatic N) is 4. The number of imidazole rings is 2. The van der Waals surface area contributed by atoms with E-state index in [0.29, 0.717) is 6.04 Å². The van der Waals surface area contributed by atoms with E-state index in [0.717, 1.165) is 19.6 Å². The van der Waals surface area contributed by atoms with Crippen LogP contribution >= 0.6 is 0 Å². The van der Waals surface area contributed by atoms with Crippen molar-refractivity contribution < 1.29 is 0 Å². The van der Waals surface area contributed by atoms with Crippen molar-refractivity contribution in [2.75, 3.05) is 0 Å². The molecule has 2 aromatic heterocycles. The van der Waals surface area contributed by atoms with Crippen LogP contribution in [0.3, 0.4) is 0 Å². The molecule has 17 heavy (non-hydrogen) atoms. The molecule has 0 spiro atoms. The first-order chi connectivity index (χ1) is 8.25. The second-order valence-corrected chi connectivity index (χ2v) is 4.41. The molecule has 0 aliphatic heterocycles. The third-order valence-corrected chi connectivity index (χ3v) is 2.65. The Kier molecular flexibility index (Phi) is 3.93. The molecule has 5 heteroatoms. The van der Waals surface area contributed by atoms with E-state index in [1.807, 2.05) is 25.0 Å². The first-order valence-corrected chi connectivity index (χ1v) is 5.94. The van der Waals surface area contributed by atoms with Gasteiger partial charge in [-0.05, 0) is 0 Å². The Morgan fingerprint density at radius 1 is 1.24 bits per heavy atom. The van der Waals surface area contributed by atoms with Crippen molar-refractivity contribution >= 4 is 0 Å². The maximum Gasteiger partial charge on any atom is 0.0949 e. The fourth-order valence-corrected chi connectivity index (χ4v) is 1.65. The highest BCUT2D eigenvalue weighted by Gasteiger charge is 2.02. The molecule has 0 aromatic carbocycles. The number of aryl methyl sites for hydroxylation is 2. The minimum Gasteiger partial charge on any atom is -0.336 e. The summed E-state index contributed by atoms with van der Waals surface area (Å²) in [7, 11) is 0. The predicted octanol–water partition coefficient (Wildman–Crippen LogP) is 1.28. The molecule has 0 atom stereocenters. The fraction of sp³-hybridized carbons (Fsp3) is 0.500. The molecular weight excluding hydrogens is 214 g/mol. The highest BCUT2D eigenvalue weighted by atomic mass is 15.1.